The van der Waals surface area contributed by atoms with Crippen LogP contribution >= 0.6 is 34.8 Å². The summed E-state index contributed by atoms with van der Waals surface area (Å²) >= 11 is 18.0. The first-order valence-electron chi connectivity index (χ1n) is 7.86. The number of rotatable bonds is 3. The topological polar surface area (TPSA) is 58.4 Å². The maximum atomic E-state index is 12.3. The Bertz CT molecular complexity index is 610. The lowest BCUT2D eigenvalue weighted by molar-refractivity contribution is -0.117. The van der Waals surface area contributed by atoms with Crippen LogP contribution in [-0.4, -0.2) is 36.5 Å². The molecule has 0 aromatic heterocycles. The molecular formula is C16H20Cl3N3O. The first-order valence-corrected chi connectivity index (χ1v) is 8.99. The molecule has 7 heteroatoms. The van der Waals surface area contributed by atoms with Crippen molar-refractivity contribution in [2.75, 3.05) is 25.0 Å². The lowest BCUT2D eigenvalue weighted by Gasteiger charge is -2.29. The molecule has 1 aromatic carbocycles. The van der Waals surface area contributed by atoms with E-state index in [1.807, 2.05) is 0 Å². The molecule has 3 unspecified atom stereocenters. The zero-order chi connectivity index (χ0) is 16.6. The predicted molar refractivity (Wildman–Crippen MR) is 95.3 cm³/mol. The number of likely N-dealkylation sites (tertiary alicyclic amines) is 1. The number of halogens is 3. The van der Waals surface area contributed by atoms with Crippen LogP contribution in [0.15, 0.2) is 12.1 Å². The number of nitrogens with two attached hydrogens (primary N) is 1. The van der Waals surface area contributed by atoms with Crippen LogP contribution < -0.4 is 11.1 Å². The second-order valence-corrected chi connectivity index (χ2v) is 7.73. The molecule has 0 radical (unpaired) electrons. The van der Waals surface area contributed by atoms with E-state index in [1.54, 1.807) is 6.07 Å². The maximum Gasteiger partial charge on any atom is 0.238 e. The fraction of sp³-hybridized carbons (Fsp3) is 0.562. The van der Waals surface area contributed by atoms with Gasteiger partial charge in [-0.25, -0.2) is 0 Å². The zero-order valence-electron chi connectivity index (χ0n) is 12.7. The smallest absolute Gasteiger partial charge is 0.238 e. The van der Waals surface area contributed by atoms with Crippen molar-refractivity contribution in [3.8, 4) is 0 Å². The average molecular weight is 377 g/mol. The van der Waals surface area contributed by atoms with Crippen molar-refractivity contribution in [1.82, 2.24) is 4.90 Å². The molecule has 0 bridgehead atoms. The lowest BCUT2D eigenvalue weighted by Crippen LogP contribution is -2.38. The molecule has 1 saturated carbocycles. The molecule has 2 aliphatic rings. The number of fused-ring (bicyclic) bond motifs is 1. The van der Waals surface area contributed by atoms with Gasteiger partial charge in [-0.1, -0.05) is 41.2 Å². The molecule has 1 heterocycles. The third-order valence-corrected chi connectivity index (χ3v) is 5.92. The largest absolute Gasteiger partial charge is 0.327 e. The van der Waals surface area contributed by atoms with Gasteiger partial charge in [-0.15, -0.1) is 0 Å². The SMILES string of the molecule is NC1CCCC2CN(CC(=O)Nc3cc(Cl)c(Cl)cc3Cl)CC12. The monoisotopic (exact) mass is 375 g/mol. The Morgan fingerprint density at radius 1 is 1.17 bits per heavy atom. The number of amides is 1. The van der Waals surface area contributed by atoms with Gasteiger partial charge in [0.15, 0.2) is 0 Å². The molecule has 2 fully saturated rings. The Morgan fingerprint density at radius 3 is 2.65 bits per heavy atom. The van der Waals surface area contributed by atoms with Crippen molar-refractivity contribution >= 4 is 46.4 Å². The van der Waals surface area contributed by atoms with Crippen LogP contribution in [0.4, 0.5) is 5.69 Å². The van der Waals surface area contributed by atoms with Crippen LogP contribution in [0, 0.1) is 11.8 Å². The van der Waals surface area contributed by atoms with E-state index in [-0.39, 0.29) is 11.9 Å². The minimum absolute atomic E-state index is 0.0995. The zero-order valence-corrected chi connectivity index (χ0v) is 15.0. The van der Waals surface area contributed by atoms with Crippen LogP contribution in [0.2, 0.25) is 15.1 Å². The minimum Gasteiger partial charge on any atom is -0.327 e. The highest BCUT2D eigenvalue weighted by atomic mass is 35.5. The highest BCUT2D eigenvalue weighted by Crippen LogP contribution is 2.35. The van der Waals surface area contributed by atoms with Crippen LogP contribution in [0.5, 0.6) is 0 Å². The molecule has 1 saturated heterocycles. The third kappa shape index (κ3) is 3.94. The summed E-state index contributed by atoms with van der Waals surface area (Å²) in [4.78, 5) is 14.5. The predicted octanol–water partition coefficient (Wildman–Crippen LogP) is 3.64. The van der Waals surface area contributed by atoms with E-state index >= 15 is 0 Å². The van der Waals surface area contributed by atoms with E-state index in [4.69, 9.17) is 40.5 Å². The van der Waals surface area contributed by atoms with Crippen molar-refractivity contribution in [2.45, 2.75) is 25.3 Å². The molecule has 3 N–H and O–H groups in total. The molecule has 1 aliphatic heterocycles. The van der Waals surface area contributed by atoms with Crippen molar-refractivity contribution in [2.24, 2.45) is 17.6 Å². The van der Waals surface area contributed by atoms with Gasteiger partial charge in [0, 0.05) is 19.1 Å². The molecule has 4 nitrogen and oxygen atoms in total. The van der Waals surface area contributed by atoms with E-state index in [1.165, 1.54) is 18.9 Å². The van der Waals surface area contributed by atoms with Gasteiger partial charge >= 0.3 is 0 Å². The number of hydrogen-bond donors (Lipinski definition) is 2. The van der Waals surface area contributed by atoms with Crippen molar-refractivity contribution < 1.29 is 4.79 Å². The minimum atomic E-state index is -0.0995. The number of carbonyl (C=O) groups excluding carboxylic acids is 1. The van der Waals surface area contributed by atoms with Crippen LogP contribution in [0.1, 0.15) is 19.3 Å². The summed E-state index contributed by atoms with van der Waals surface area (Å²) in [5, 5.41) is 3.92. The quantitative estimate of drug-likeness (QED) is 0.792. The Morgan fingerprint density at radius 2 is 1.91 bits per heavy atom. The number of anilines is 1. The van der Waals surface area contributed by atoms with Crippen LogP contribution in [-0.2, 0) is 4.79 Å². The van der Waals surface area contributed by atoms with E-state index in [0.717, 1.165) is 19.5 Å². The first-order chi connectivity index (χ1) is 10.9. The first kappa shape index (κ1) is 17.3. The van der Waals surface area contributed by atoms with E-state index in [9.17, 15) is 4.79 Å². The Hall–Kier alpha value is -0.520. The third-order valence-electron chi connectivity index (χ3n) is 4.88. The van der Waals surface area contributed by atoms with Crippen molar-refractivity contribution in [3.63, 3.8) is 0 Å². The van der Waals surface area contributed by atoms with E-state index < -0.39 is 0 Å². The number of hydrogen-bond acceptors (Lipinski definition) is 3. The Balaban J connectivity index is 1.59. The fourth-order valence-corrected chi connectivity index (χ4v) is 4.34. The van der Waals surface area contributed by atoms with E-state index in [0.29, 0.717) is 39.1 Å². The summed E-state index contributed by atoms with van der Waals surface area (Å²) in [5.74, 6) is 1.04. The normalized spacial score (nSPS) is 27.7. The molecule has 1 aliphatic carbocycles. The number of carbonyl (C=O) groups is 1. The molecular weight excluding hydrogens is 357 g/mol. The molecule has 3 atom stereocenters. The van der Waals surface area contributed by atoms with Crippen LogP contribution in [0.25, 0.3) is 0 Å². The van der Waals surface area contributed by atoms with E-state index in [2.05, 4.69) is 10.2 Å². The number of nitrogens with zero attached hydrogens (tertiary/aromatic N) is 1. The number of benzene rings is 1. The van der Waals surface area contributed by atoms with Gasteiger partial charge in [0.25, 0.3) is 0 Å². The molecule has 0 spiro atoms. The van der Waals surface area contributed by atoms with Gasteiger partial charge in [0.1, 0.15) is 0 Å². The Kier molecular flexibility index (Phi) is 5.39. The molecule has 23 heavy (non-hydrogen) atoms. The summed E-state index contributed by atoms with van der Waals surface area (Å²) in [5.41, 5.74) is 6.70. The summed E-state index contributed by atoms with van der Waals surface area (Å²) in [6.07, 6.45) is 3.51. The Labute approximate surface area is 151 Å². The van der Waals surface area contributed by atoms with Crippen molar-refractivity contribution in [3.05, 3.63) is 27.2 Å². The second-order valence-electron chi connectivity index (χ2n) is 6.51. The van der Waals surface area contributed by atoms with Gasteiger partial charge < -0.3 is 11.1 Å². The number of nitrogens with one attached hydrogen (secondary N) is 1. The standard InChI is InChI=1S/C16H20Cl3N3O/c17-11-4-13(19)15(5-12(11)18)21-16(23)8-22-6-9-2-1-3-14(20)10(9)7-22/h4-5,9-10,14H,1-3,6-8,20H2,(H,21,23). The lowest BCUT2D eigenvalue weighted by atomic mass is 9.78. The van der Waals surface area contributed by atoms with Crippen LogP contribution in [0.3, 0.4) is 0 Å². The van der Waals surface area contributed by atoms with Gasteiger partial charge in [0.2, 0.25) is 5.91 Å². The summed E-state index contributed by atoms with van der Waals surface area (Å²) in [6, 6.07) is 3.38. The average Bonchev–Trinajstić information content (AvgIpc) is 2.88. The van der Waals surface area contributed by atoms with Gasteiger partial charge in [0.05, 0.1) is 27.3 Å². The molecule has 126 valence electrons. The molecule has 1 amide bonds. The summed E-state index contributed by atoms with van der Waals surface area (Å²) in [7, 11) is 0. The van der Waals surface area contributed by atoms with Gasteiger partial charge in [-0.2, -0.15) is 0 Å². The summed E-state index contributed by atoms with van der Waals surface area (Å²) < 4.78 is 0. The molecule has 3 rings (SSSR count). The van der Waals surface area contributed by atoms with Crippen molar-refractivity contribution in [1.29, 1.82) is 0 Å². The highest BCUT2D eigenvalue weighted by Gasteiger charge is 2.39. The second kappa shape index (κ2) is 7.16. The van der Waals surface area contributed by atoms with Gasteiger partial charge in [-0.3, -0.25) is 9.69 Å². The summed E-state index contributed by atoms with van der Waals surface area (Å²) in [6.45, 7) is 2.19. The van der Waals surface area contributed by atoms with Gasteiger partial charge in [-0.05, 0) is 36.8 Å². The fourth-order valence-electron chi connectivity index (χ4n) is 3.75. The molecule has 1 aromatic rings. The maximum absolute atomic E-state index is 12.3. The highest BCUT2D eigenvalue weighted by molar-refractivity contribution is 6.44.